The fraction of sp³-hybridized carbons (Fsp3) is 0.400. The summed E-state index contributed by atoms with van der Waals surface area (Å²) in [6.45, 7) is 1.93. The predicted molar refractivity (Wildman–Crippen MR) is 97.4 cm³/mol. The van der Waals surface area contributed by atoms with E-state index in [2.05, 4.69) is 23.0 Å². The molecule has 0 aliphatic carbocycles. The number of hydrogen-bond donors (Lipinski definition) is 0. The molecule has 2 atom stereocenters. The van der Waals surface area contributed by atoms with Crippen molar-refractivity contribution in [1.82, 2.24) is 9.88 Å². The van der Waals surface area contributed by atoms with Crippen molar-refractivity contribution < 1.29 is 4.79 Å². The Morgan fingerprint density at radius 1 is 1.29 bits per heavy atom. The lowest BCUT2D eigenvalue weighted by molar-refractivity contribution is 0.0728. The minimum atomic E-state index is 0.0651. The Labute approximate surface area is 148 Å². The first-order valence-electron chi connectivity index (χ1n) is 8.51. The number of aromatic nitrogens is 1. The summed E-state index contributed by atoms with van der Waals surface area (Å²) in [4.78, 5) is 19.5. The van der Waals surface area contributed by atoms with Gasteiger partial charge in [0.25, 0.3) is 0 Å². The highest BCUT2D eigenvalue weighted by Gasteiger charge is 2.33. The van der Waals surface area contributed by atoms with Crippen molar-refractivity contribution in [2.75, 3.05) is 20.1 Å². The number of pyridine rings is 1. The van der Waals surface area contributed by atoms with Crippen molar-refractivity contribution in [3.63, 3.8) is 0 Å². The lowest BCUT2D eigenvalue weighted by atomic mass is 9.78. The minimum absolute atomic E-state index is 0.0651. The molecule has 0 radical (unpaired) electrons. The van der Waals surface area contributed by atoms with E-state index in [0.29, 0.717) is 11.6 Å². The highest BCUT2D eigenvalue weighted by molar-refractivity contribution is 6.30. The molecule has 4 heteroatoms. The molecule has 1 aliphatic heterocycles. The van der Waals surface area contributed by atoms with Crippen LogP contribution in [0.25, 0.3) is 0 Å². The Morgan fingerprint density at radius 3 is 2.92 bits per heavy atom. The molecule has 0 amide bonds. The van der Waals surface area contributed by atoms with Crippen molar-refractivity contribution >= 4 is 17.4 Å². The largest absolute Gasteiger partial charge is 0.306 e. The zero-order chi connectivity index (χ0) is 16.9. The van der Waals surface area contributed by atoms with Gasteiger partial charge >= 0.3 is 0 Å². The zero-order valence-corrected chi connectivity index (χ0v) is 14.7. The van der Waals surface area contributed by atoms with Crippen LogP contribution in [0.15, 0.2) is 48.7 Å². The van der Waals surface area contributed by atoms with Gasteiger partial charge in [-0.05, 0) is 68.6 Å². The molecule has 0 spiro atoms. The van der Waals surface area contributed by atoms with Crippen LogP contribution in [0, 0.1) is 11.8 Å². The monoisotopic (exact) mass is 342 g/mol. The third kappa shape index (κ3) is 4.22. The Kier molecular flexibility index (Phi) is 5.64. The van der Waals surface area contributed by atoms with E-state index in [1.165, 1.54) is 5.56 Å². The number of benzene rings is 1. The Morgan fingerprint density at radius 2 is 2.17 bits per heavy atom. The van der Waals surface area contributed by atoms with Gasteiger partial charge in [-0.25, -0.2) is 0 Å². The second-order valence-electron chi connectivity index (χ2n) is 6.67. The number of aryl methyl sites for hydroxylation is 1. The standard InChI is InChI=1S/C20H23ClN2O/c1-23-12-10-18(20(24)19-7-2-3-11-22-19)16(14-23)9-8-15-5-4-6-17(21)13-15/h2-7,11,13,16,18H,8-10,12,14H2,1H3. The zero-order valence-electron chi connectivity index (χ0n) is 14.0. The van der Waals surface area contributed by atoms with Gasteiger partial charge in [0, 0.05) is 23.7 Å². The van der Waals surface area contributed by atoms with Crippen LogP contribution in [0.4, 0.5) is 0 Å². The van der Waals surface area contributed by atoms with E-state index in [0.717, 1.165) is 37.4 Å². The summed E-state index contributed by atoms with van der Waals surface area (Å²) in [6.07, 6.45) is 4.55. The van der Waals surface area contributed by atoms with Gasteiger partial charge in [-0.2, -0.15) is 0 Å². The molecule has 2 heterocycles. The van der Waals surface area contributed by atoms with Crippen LogP contribution >= 0.6 is 11.6 Å². The van der Waals surface area contributed by atoms with Gasteiger partial charge in [-0.3, -0.25) is 9.78 Å². The maximum atomic E-state index is 12.9. The topological polar surface area (TPSA) is 33.2 Å². The number of ketones is 1. The van der Waals surface area contributed by atoms with Crippen molar-refractivity contribution in [3.05, 3.63) is 64.9 Å². The van der Waals surface area contributed by atoms with Crippen LogP contribution in [-0.2, 0) is 6.42 Å². The van der Waals surface area contributed by atoms with Crippen molar-refractivity contribution in [2.45, 2.75) is 19.3 Å². The maximum absolute atomic E-state index is 12.9. The average Bonchev–Trinajstić information content (AvgIpc) is 2.60. The van der Waals surface area contributed by atoms with E-state index in [9.17, 15) is 4.79 Å². The van der Waals surface area contributed by atoms with Crippen LogP contribution in [0.5, 0.6) is 0 Å². The Bertz CT molecular complexity index is 689. The smallest absolute Gasteiger partial charge is 0.184 e. The third-order valence-corrected chi connectivity index (χ3v) is 5.12. The summed E-state index contributed by atoms with van der Waals surface area (Å²) < 4.78 is 0. The molecule has 1 aromatic carbocycles. The Balaban J connectivity index is 1.71. The Hall–Kier alpha value is -1.71. The first-order chi connectivity index (χ1) is 11.6. The molecule has 0 saturated carbocycles. The van der Waals surface area contributed by atoms with Gasteiger partial charge < -0.3 is 4.90 Å². The molecule has 0 bridgehead atoms. The van der Waals surface area contributed by atoms with Gasteiger partial charge in [0.1, 0.15) is 5.69 Å². The number of halogens is 1. The number of rotatable bonds is 5. The van der Waals surface area contributed by atoms with Crippen molar-refractivity contribution in [3.8, 4) is 0 Å². The van der Waals surface area contributed by atoms with E-state index in [4.69, 9.17) is 11.6 Å². The molecule has 1 fully saturated rings. The summed E-state index contributed by atoms with van der Waals surface area (Å²) in [5, 5.41) is 0.773. The predicted octanol–water partition coefficient (Wildman–Crippen LogP) is 4.12. The summed E-state index contributed by atoms with van der Waals surface area (Å²) >= 11 is 6.08. The first-order valence-corrected chi connectivity index (χ1v) is 8.89. The van der Waals surface area contributed by atoms with Gasteiger partial charge in [0.15, 0.2) is 5.78 Å². The SMILES string of the molecule is CN1CCC(C(=O)c2ccccn2)C(CCc2cccc(Cl)c2)C1. The molecule has 24 heavy (non-hydrogen) atoms. The van der Waals surface area contributed by atoms with E-state index < -0.39 is 0 Å². The summed E-state index contributed by atoms with van der Waals surface area (Å²) in [6, 6.07) is 13.6. The fourth-order valence-corrected chi connectivity index (χ4v) is 3.81. The first kappa shape index (κ1) is 17.1. The number of carbonyl (C=O) groups excluding carboxylic acids is 1. The van der Waals surface area contributed by atoms with Crippen LogP contribution < -0.4 is 0 Å². The number of piperidine rings is 1. The van der Waals surface area contributed by atoms with E-state index in [1.54, 1.807) is 6.20 Å². The minimum Gasteiger partial charge on any atom is -0.306 e. The third-order valence-electron chi connectivity index (χ3n) is 4.88. The number of likely N-dealkylation sites (tertiary alicyclic amines) is 1. The average molecular weight is 343 g/mol. The second kappa shape index (κ2) is 7.91. The molecule has 126 valence electrons. The van der Waals surface area contributed by atoms with Gasteiger partial charge in [-0.1, -0.05) is 29.8 Å². The normalized spacial score (nSPS) is 21.6. The molecule has 1 aliphatic rings. The lowest BCUT2D eigenvalue weighted by Gasteiger charge is -2.36. The number of Topliss-reactive ketones (excluding diaryl/α,β-unsaturated/α-hetero) is 1. The molecule has 2 aromatic rings. The summed E-state index contributed by atoms with van der Waals surface area (Å²) in [5.74, 6) is 0.618. The number of carbonyl (C=O) groups is 1. The lowest BCUT2D eigenvalue weighted by Crippen LogP contribution is -2.41. The van der Waals surface area contributed by atoms with E-state index in [-0.39, 0.29) is 11.7 Å². The molecule has 0 N–H and O–H groups in total. The summed E-state index contributed by atoms with van der Waals surface area (Å²) in [7, 11) is 2.13. The maximum Gasteiger partial charge on any atom is 0.184 e. The molecule has 2 unspecified atom stereocenters. The van der Waals surface area contributed by atoms with Crippen LogP contribution in [0.3, 0.4) is 0 Å². The quantitative estimate of drug-likeness (QED) is 0.766. The van der Waals surface area contributed by atoms with Crippen molar-refractivity contribution in [1.29, 1.82) is 0 Å². The highest BCUT2D eigenvalue weighted by atomic mass is 35.5. The van der Waals surface area contributed by atoms with Crippen LogP contribution in [0.1, 0.15) is 28.9 Å². The molecule has 3 rings (SSSR count). The number of hydrogen-bond acceptors (Lipinski definition) is 3. The van der Waals surface area contributed by atoms with E-state index in [1.807, 2.05) is 36.4 Å². The molecular weight excluding hydrogens is 320 g/mol. The summed E-state index contributed by atoms with van der Waals surface area (Å²) in [5.41, 5.74) is 1.83. The van der Waals surface area contributed by atoms with Gasteiger partial charge in [-0.15, -0.1) is 0 Å². The molecule has 1 saturated heterocycles. The van der Waals surface area contributed by atoms with Crippen molar-refractivity contribution in [2.24, 2.45) is 11.8 Å². The number of nitrogens with zero attached hydrogens (tertiary/aromatic N) is 2. The molecular formula is C20H23ClN2O. The molecule has 3 nitrogen and oxygen atoms in total. The van der Waals surface area contributed by atoms with Crippen LogP contribution in [-0.4, -0.2) is 35.8 Å². The highest BCUT2D eigenvalue weighted by Crippen LogP contribution is 2.30. The molecule has 1 aromatic heterocycles. The van der Waals surface area contributed by atoms with E-state index >= 15 is 0 Å². The fourth-order valence-electron chi connectivity index (χ4n) is 3.59. The van der Waals surface area contributed by atoms with Gasteiger partial charge in [0.05, 0.1) is 0 Å². The second-order valence-corrected chi connectivity index (χ2v) is 7.10. The van der Waals surface area contributed by atoms with Gasteiger partial charge in [0.2, 0.25) is 0 Å². The van der Waals surface area contributed by atoms with Crippen LogP contribution in [0.2, 0.25) is 5.02 Å².